The quantitative estimate of drug-likeness (QED) is 0.506. The Morgan fingerprint density at radius 2 is 1.94 bits per heavy atom. The number of nitrogens with two attached hydrogens (primary N) is 2. The molecule has 1 amide bonds. The van der Waals surface area contributed by atoms with Crippen LogP contribution in [0.4, 0.5) is 0 Å². The van der Waals surface area contributed by atoms with Crippen molar-refractivity contribution in [2.45, 2.75) is 44.4 Å². The predicted octanol–water partition coefficient (Wildman–Crippen LogP) is -0.644. The van der Waals surface area contributed by atoms with Crippen LogP contribution in [0.5, 0.6) is 0 Å². The molecule has 7 heteroatoms. The van der Waals surface area contributed by atoms with Crippen molar-refractivity contribution in [2.75, 3.05) is 7.11 Å². The number of ether oxygens (including phenoxy) is 1. The first-order chi connectivity index (χ1) is 7.45. The number of halogens is 1. The second kappa shape index (κ2) is 9.35. The van der Waals surface area contributed by atoms with Crippen LogP contribution in [0.1, 0.15) is 26.2 Å². The molecule has 0 aliphatic heterocycles. The summed E-state index contributed by atoms with van der Waals surface area (Å²) in [6.07, 6.45) is -0.608. The van der Waals surface area contributed by atoms with Crippen molar-refractivity contribution < 1.29 is 19.4 Å². The highest BCUT2D eigenvalue weighted by Gasteiger charge is 2.32. The van der Waals surface area contributed by atoms with Gasteiger partial charge in [-0.1, -0.05) is 19.8 Å². The van der Waals surface area contributed by atoms with Gasteiger partial charge >= 0.3 is 0 Å². The summed E-state index contributed by atoms with van der Waals surface area (Å²) in [6, 6.07) is -0.690. The van der Waals surface area contributed by atoms with Crippen LogP contribution in [0.15, 0.2) is 0 Å². The zero-order valence-electron chi connectivity index (χ0n) is 10.1. The normalized spacial score (nSPS) is 15.5. The molecule has 0 heterocycles. The molecule has 5 N–H and O–H groups in total. The van der Waals surface area contributed by atoms with E-state index in [0.29, 0.717) is 6.42 Å². The minimum atomic E-state index is -1.43. The highest BCUT2D eigenvalue weighted by atomic mass is 35.5. The highest BCUT2D eigenvalue weighted by Crippen LogP contribution is 2.06. The van der Waals surface area contributed by atoms with Gasteiger partial charge in [0.25, 0.3) is 5.91 Å². The average Bonchev–Trinajstić information content (AvgIpc) is 2.24. The summed E-state index contributed by atoms with van der Waals surface area (Å²) in [7, 11) is 1.18. The minimum Gasteiger partial charge on any atom is -0.384 e. The number of carbonyl (C=O) groups excluding carboxylic acids is 2. The van der Waals surface area contributed by atoms with E-state index in [9.17, 15) is 14.7 Å². The lowest BCUT2D eigenvalue weighted by Gasteiger charge is -2.20. The van der Waals surface area contributed by atoms with Crippen LogP contribution < -0.4 is 11.5 Å². The standard InChI is InChI=1S/C10H20N2O4.ClH/c1-3-4-5-6(11)7(13)8(14)9(16-2)10(12)15;/h6-7,9,13H,3-5,11H2,1-2H3,(H2,12,15);1H/t6-,7+,9?;/m1./s1. The van der Waals surface area contributed by atoms with Gasteiger partial charge in [0.2, 0.25) is 5.78 Å². The van der Waals surface area contributed by atoms with Crippen LogP contribution in [0.2, 0.25) is 0 Å². The maximum absolute atomic E-state index is 11.6. The number of primary amides is 1. The molecular formula is C10H21ClN2O4. The molecule has 0 saturated carbocycles. The van der Waals surface area contributed by atoms with Gasteiger partial charge in [-0.2, -0.15) is 0 Å². The van der Waals surface area contributed by atoms with E-state index in [0.717, 1.165) is 12.8 Å². The number of hydrogen-bond donors (Lipinski definition) is 3. The Morgan fingerprint density at radius 3 is 2.29 bits per heavy atom. The van der Waals surface area contributed by atoms with Gasteiger partial charge in [0.05, 0.1) is 0 Å². The fraction of sp³-hybridized carbons (Fsp3) is 0.800. The topological polar surface area (TPSA) is 116 Å². The largest absolute Gasteiger partial charge is 0.384 e. The Kier molecular flexibility index (Phi) is 10.3. The van der Waals surface area contributed by atoms with E-state index in [4.69, 9.17) is 11.5 Å². The second-order valence-corrected chi connectivity index (χ2v) is 3.67. The molecular weight excluding hydrogens is 248 g/mol. The second-order valence-electron chi connectivity index (χ2n) is 3.67. The average molecular weight is 269 g/mol. The fourth-order valence-electron chi connectivity index (χ4n) is 1.34. The third kappa shape index (κ3) is 5.97. The molecule has 0 aliphatic rings. The van der Waals surface area contributed by atoms with E-state index >= 15 is 0 Å². The van der Waals surface area contributed by atoms with Gasteiger partial charge < -0.3 is 21.3 Å². The first-order valence-electron chi connectivity index (χ1n) is 5.25. The monoisotopic (exact) mass is 268 g/mol. The van der Waals surface area contributed by atoms with Crippen LogP contribution in [-0.4, -0.2) is 42.2 Å². The smallest absolute Gasteiger partial charge is 0.254 e. The molecule has 0 radical (unpaired) electrons. The van der Waals surface area contributed by atoms with Crippen molar-refractivity contribution in [2.24, 2.45) is 11.5 Å². The van der Waals surface area contributed by atoms with E-state index < -0.39 is 29.9 Å². The maximum Gasteiger partial charge on any atom is 0.254 e. The summed E-state index contributed by atoms with van der Waals surface area (Å²) < 4.78 is 4.61. The summed E-state index contributed by atoms with van der Waals surface area (Å²) in [5.74, 6) is -1.70. The van der Waals surface area contributed by atoms with Crippen LogP contribution in [0, 0.1) is 0 Å². The summed E-state index contributed by atoms with van der Waals surface area (Å²) in [5, 5.41) is 9.60. The molecule has 0 spiro atoms. The fourth-order valence-corrected chi connectivity index (χ4v) is 1.34. The molecule has 0 aromatic carbocycles. The van der Waals surface area contributed by atoms with Crippen LogP contribution >= 0.6 is 12.4 Å². The van der Waals surface area contributed by atoms with Crippen LogP contribution in [-0.2, 0) is 14.3 Å². The van der Waals surface area contributed by atoms with Gasteiger partial charge in [0, 0.05) is 13.2 Å². The van der Waals surface area contributed by atoms with Crippen LogP contribution in [0.3, 0.4) is 0 Å². The van der Waals surface area contributed by atoms with Gasteiger partial charge in [-0.25, -0.2) is 0 Å². The molecule has 3 atom stereocenters. The van der Waals surface area contributed by atoms with E-state index in [1.54, 1.807) is 0 Å². The van der Waals surface area contributed by atoms with Crippen molar-refractivity contribution in [1.29, 1.82) is 0 Å². The first-order valence-corrected chi connectivity index (χ1v) is 5.25. The Bertz CT molecular complexity index is 250. The number of carbonyl (C=O) groups is 2. The number of ketones is 1. The maximum atomic E-state index is 11.6. The zero-order chi connectivity index (χ0) is 12.7. The Morgan fingerprint density at radius 1 is 1.41 bits per heavy atom. The summed E-state index contributed by atoms with van der Waals surface area (Å²) >= 11 is 0. The lowest BCUT2D eigenvalue weighted by molar-refractivity contribution is -0.146. The number of hydrogen-bond acceptors (Lipinski definition) is 5. The molecule has 0 bridgehead atoms. The lowest BCUT2D eigenvalue weighted by atomic mass is 9.98. The van der Waals surface area contributed by atoms with Gasteiger partial charge in [0.15, 0.2) is 6.10 Å². The molecule has 1 unspecified atom stereocenters. The third-order valence-electron chi connectivity index (χ3n) is 2.34. The first kappa shape index (κ1) is 18.7. The third-order valence-corrected chi connectivity index (χ3v) is 2.34. The molecule has 0 aromatic heterocycles. The molecule has 17 heavy (non-hydrogen) atoms. The lowest BCUT2D eigenvalue weighted by Crippen LogP contribution is -2.49. The molecule has 0 aliphatic carbocycles. The molecule has 0 saturated heterocycles. The van der Waals surface area contributed by atoms with Gasteiger partial charge in [-0.15, -0.1) is 12.4 Å². The number of Topliss-reactive ketones (excluding diaryl/α,β-unsaturated/α-hetero) is 1. The molecule has 0 aromatic rings. The molecule has 0 rings (SSSR count). The van der Waals surface area contributed by atoms with Gasteiger partial charge in [-0.05, 0) is 6.42 Å². The number of aliphatic hydroxyl groups is 1. The molecule has 0 fully saturated rings. The number of unbranched alkanes of at least 4 members (excludes halogenated alkanes) is 1. The summed E-state index contributed by atoms with van der Waals surface area (Å²) in [5.41, 5.74) is 10.6. The van der Waals surface area contributed by atoms with Crippen molar-refractivity contribution in [3.8, 4) is 0 Å². The number of amides is 1. The minimum absolute atomic E-state index is 0. The molecule has 6 nitrogen and oxygen atoms in total. The van der Waals surface area contributed by atoms with Gasteiger partial charge in [0.1, 0.15) is 6.10 Å². The van der Waals surface area contributed by atoms with E-state index in [1.165, 1.54) is 7.11 Å². The van der Waals surface area contributed by atoms with Crippen LogP contribution in [0.25, 0.3) is 0 Å². The van der Waals surface area contributed by atoms with Crippen molar-refractivity contribution in [3.63, 3.8) is 0 Å². The van der Waals surface area contributed by atoms with Crippen molar-refractivity contribution in [1.82, 2.24) is 0 Å². The SMILES string of the molecule is CCCC[C@@H](N)[C@H](O)C(=O)C(OC)C(N)=O.Cl. The van der Waals surface area contributed by atoms with Crippen molar-refractivity contribution >= 4 is 24.1 Å². The van der Waals surface area contributed by atoms with E-state index in [1.807, 2.05) is 6.92 Å². The van der Waals surface area contributed by atoms with Crippen molar-refractivity contribution in [3.05, 3.63) is 0 Å². The predicted molar refractivity (Wildman–Crippen MR) is 65.8 cm³/mol. The zero-order valence-corrected chi connectivity index (χ0v) is 10.9. The van der Waals surface area contributed by atoms with Gasteiger partial charge in [-0.3, -0.25) is 9.59 Å². The number of methoxy groups -OCH3 is 1. The van der Waals surface area contributed by atoms with E-state index in [-0.39, 0.29) is 12.4 Å². The Hall–Kier alpha value is -0.690. The molecule has 102 valence electrons. The highest BCUT2D eigenvalue weighted by molar-refractivity contribution is 6.05. The number of aliphatic hydroxyl groups excluding tert-OH is 1. The summed E-state index contributed by atoms with van der Waals surface area (Å²) in [6.45, 7) is 1.97. The van der Waals surface area contributed by atoms with E-state index in [2.05, 4.69) is 4.74 Å². The summed E-state index contributed by atoms with van der Waals surface area (Å²) in [4.78, 5) is 22.4. The number of rotatable bonds is 8. The Balaban J connectivity index is 0. The Labute approximate surface area is 107 Å².